The fourth-order valence-electron chi connectivity index (χ4n) is 1.62. The van der Waals surface area contributed by atoms with Gasteiger partial charge in [-0.15, -0.1) is 0 Å². The maximum absolute atomic E-state index is 11.9. The Morgan fingerprint density at radius 1 is 0.680 bits per heavy atom. The number of rotatable bonds is 8. The van der Waals surface area contributed by atoms with Gasteiger partial charge in [-0.3, -0.25) is 18.1 Å². The quantitative estimate of drug-likeness (QED) is 0.510. The summed E-state index contributed by atoms with van der Waals surface area (Å²) in [6.45, 7) is 0.673. The van der Waals surface area contributed by atoms with E-state index in [1.54, 1.807) is 0 Å². The van der Waals surface area contributed by atoms with Gasteiger partial charge in [0.2, 0.25) is 0 Å². The summed E-state index contributed by atoms with van der Waals surface area (Å²) in [5, 5.41) is 0. The minimum absolute atomic E-state index is 0.168. The lowest BCUT2D eigenvalue weighted by molar-refractivity contribution is -0.0692. The van der Waals surface area contributed by atoms with Gasteiger partial charge in [0.15, 0.2) is 0 Å². The zero-order valence-electron chi connectivity index (χ0n) is 14.0. The molecule has 0 bridgehead atoms. The molecule has 0 aliphatic carbocycles. The average molecular weight is 444 g/mol. The summed E-state index contributed by atoms with van der Waals surface area (Å²) in [6, 6.07) is 0. The summed E-state index contributed by atoms with van der Waals surface area (Å²) >= 11 is 0. The van der Waals surface area contributed by atoms with E-state index in [2.05, 4.69) is 18.1 Å². The second kappa shape index (κ2) is 9.41. The molecule has 2 aliphatic heterocycles. The maximum atomic E-state index is 11.9. The Morgan fingerprint density at radius 2 is 0.960 bits per heavy atom. The van der Waals surface area contributed by atoms with Gasteiger partial charge >= 0.3 is 32.9 Å². The fourth-order valence-corrected chi connectivity index (χ4v) is 6.71. The molecule has 0 radical (unpaired) electrons. The number of hydrogen-bond donors (Lipinski definition) is 0. The third-order valence-electron chi connectivity index (χ3n) is 3.13. The standard InChI is InChI=1S/C9H20O12P4/c1-12-24(10,13-2)20-22-16-5-9(6-17-22)7-18-23(19-8-9)21-25(11,14-3)15-4/h5-8H2,1-4H3. The van der Waals surface area contributed by atoms with Crippen molar-refractivity contribution >= 4 is 32.9 Å². The lowest BCUT2D eigenvalue weighted by atomic mass is 9.93. The first-order chi connectivity index (χ1) is 11.8. The molecule has 16 heteroatoms. The molecular formula is C9H20O12P4. The lowest BCUT2D eigenvalue weighted by Gasteiger charge is -2.41. The van der Waals surface area contributed by atoms with Crippen molar-refractivity contribution in [2.24, 2.45) is 5.41 Å². The average Bonchev–Trinajstić information content (AvgIpc) is 2.65. The van der Waals surface area contributed by atoms with E-state index in [-0.39, 0.29) is 26.4 Å². The highest BCUT2D eigenvalue weighted by Gasteiger charge is 2.47. The molecule has 1 spiro atoms. The Balaban J connectivity index is 1.81. The number of phosphoric acid groups is 2. The van der Waals surface area contributed by atoms with Crippen molar-refractivity contribution in [1.29, 1.82) is 0 Å². The van der Waals surface area contributed by atoms with Crippen molar-refractivity contribution in [3.8, 4) is 0 Å². The van der Waals surface area contributed by atoms with Crippen LogP contribution in [0.4, 0.5) is 0 Å². The highest BCUT2D eigenvalue weighted by atomic mass is 31.3. The van der Waals surface area contributed by atoms with Crippen LogP contribution in [0, 0.1) is 5.41 Å². The van der Waals surface area contributed by atoms with Gasteiger partial charge in [0, 0.05) is 28.4 Å². The summed E-state index contributed by atoms with van der Waals surface area (Å²) in [4.78, 5) is 0. The lowest BCUT2D eigenvalue weighted by Crippen LogP contribution is -2.44. The Labute approximate surface area is 147 Å². The summed E-state index contributed by atoms with van der Waals surface area (Å²) in [7, 11) is -6.44. The van der Waals surface area contributed by atoms with Gasteiger partial charge in [-0.25, -0.2) is 17.8 Å². The Morgan fingerprint density at radius 3 is 1.20 bits per heavy atom. The van der Waals surface area contributed by atoms with Crippen LogP contribution in [0.5, 0.6) is 0 Å². The monoisotopic (exact) mass is 444 g/mol. The van der Waals surface area contributed by atoms with Gasteiger partial charge < -0.3 is 18.1 Å². The molecule has 2 heterocycles. The molecular weight excluding hydrogens is 424 g/mol. The van der Waals surface area contributed by atoms with Gasteiger partial charge in [-0.1, -0.05) is 0 Å². The van der Waals surface area contributed by atoms with Crippen molar-refractivity contribution in [2.75, 3.05) is 54.9 Å². The summed E-state index contributed by atoms with van der Waals surface area (Å²) < 4.78 is 74.4. The van der Waals surface area contributed by atoms with Crippen molar-refractivity contribution in [2.45, 2.75) is 0 Å². The first kappa shape index (κ1) is 22.2. The molecule has 0 atom stereocenters. The second-order valence-electron chi connectivity index (χ2n) is 4.83. The van der Waals surface area contributed by atoms with Gasteiger partial charge in [0.1, 0.15) is 0 Å². The molecule has 0 aromatic rings. The minimum Gasteiger partial charge on any atom is -0.311 e. The van der Waals surface area contributed by atoms with E-state index in [0.29, 0.717) is 0 Å². The van der Waals surface area contributed by atoms with E-state index >= 15 is 0 Å². The van der Waals surface area contributed by atoms with Crippen LogP contribution in [0.2, 0.25) is 0 Å². The van der Waals surface area contributed by atoms with Crippen LogP contribution in [-0.2, 0) is 53.9 Å². The molecule has 2 fully saturated rings. The molecule has 25 heavy (non-hydrogen) atoms. The predicted octanol–water partition coefficient (Wildman–Crippen LogP) is 3.36. The molecule has 0 N–H and O–H groups in total. The van der Waals surface area contributed by atoms with Crippen LogP contribution < -0.4 is 0 Å². The van der Waals surface area contributed by atoms with Crippen molar-refractivity contribution in [1.82, 2.24) is 0 Å². The van der Waals surface area contributed by atoms with Gasteiger partial charge in [0.05, 0.1) is 31.8 Å². The molecule has 0 aromatic heterocycles. The topological polar surface area (TPSA) is 126 Å². The van der Waals surface area contributed by atoms with E-state index < -0.39 is 38.3 Å². The van der Waals surface area contributed by atoms with Crippen LogP contribution in [0.15, 0.2) is 0 Å². The molecule has 2 rings (SSSR count). The Bertz CT molecular complexity index is 449. The smallest absolute Gasteiger partial charge is 0.311 e. The van der Waals surface area contributed by atoms with Crippen molar-refractivity contribution in [3.05, 3.63) is 0 Å². The van der Waals surface area contributed by atoms with E-state index in [1.807, 2.05) is 0 Å². The summed E-state index contributed by atoms with van der Waals surface area (Å²) in [5.74, 6) is 0. The van der Waals surface area contributed by atoms with Crippen molar-refractivity contribution < 1.29 is 53.9 Å². The third kappa shape index (κ3) is 5.95. The molecule has 0 saturated carbocycles. The van der Waals surface area contributed by atoms with Crippen LogP contribution in [0.25, 0.3) is 0 Å². The normalized spacial score (nSPS) is 31.4. The van der Waals surface area contributed by atoms with E-state index in [4.69, 9.17) is 26.7 Å². The van der Waals surface area contributed by atoms with Gasteiger partial charge in [-0.05, 0) is 0 Å². The SMILES string of the molecule is COP(=O)(OC)OP1OCC2(CO1)COP(OP(=O)(OC)OC)OC2. The number of hydrogen-bond acceptors (Lipinski definition) is 12. The minimum atomic E-state index is -3.70. The predicted molar refractivity (Wildman–Crippen MR) is 85.5 cm³/mol. The van der Waals surface area contributed by atoms with Gasteiger partial charge in [0.25, 0.3) is 0 Å². The third-order valence-corrected chi connectivity index (χ3v) is 8.95. The van der Waals surface area contributed by atoms with Crippen LogP contribution in [0.3, 0.4) is 0 Å². The number of phosphoric ester groups is 2. The summed E-state index contributed by atoms with van der Waals surface area (Å²) in [6.07, 6.45) is 0. The molecule has 0 unspecified atom stereocenters. The van der Waals surface area contributed by atoms with Crippen LogP contribution >= 0.6 is 32.9 Å². The Kier molecular flexibility index (Phi) is 8.36. The maximum Gasteiger partial charge on any atom is 0.481 e. The van der Waals surface area contributed by atoms with Crippen molar-refractivity contribution in [3.63, 3.8) is 0 Å². The molecule has 12 nitrogen and oxygen atoms in total. The second-order valence-corrected chi connectivity index (χ2v) is 11.3. The molecule has 0 amide bonds. The van der Waals surface area contributed by atoms with Gasteiger partial charge in [-0.2, -0.15) is 0 Å². The zero-order chi connectivity index (χ0) is 18.6. The van der Waals surface area contributed by atoms with E-state index in [9.17, 15) is 9.13 Å². The van der Waals surface area contributed by atoms with E-state index in [0.717, 1.165) is 0 Å². The summed E-state index contributed by atoms with van der Waals surface area (Å²) in [5.41, 5.74) is -0.599. The molecule has 148 valence electrons. The zero-order valence-corrected chi connectivity index (χ0v) is 17.6. The molecule has 0 aromatic carbocycles. The highest BCUT2D eigenvalue weighted by Crippen LogP contribution is 2.65. The van der Waals surface area contributed by atoms with E-state index in [1.165, 1.54) is 28.4 Å². The molecule has 2 saturated heterocycles. The first-order valence-electron chi connectivity index (χ1n) is 6.76. The highest BCUT2D eigenvalue weighted by molar-refractivity contribution is 7.59. The first-order valence-corrected chi connectivity index (χ1v) is 11.9. The largest absolute Gasteiger partial charge is 0.481 e. The fraction of sp³-hybridized carbons (Fsp3) is 1.00. The van der Waals surface area contributed by atoms with Crippen LogP contribution in [-0.4, -0.2) is 54.9 Å². The van der Waals surface area contributed by atoms with Crippen LogP contribution in [0.1, 0.15) is 0 Å². The molecule has 2 aliphatic rings. The Hall–Kier alpha value is 0.920.